The fourth-order valence-electron chi connectivity index (χ4n) is 2.02. The molecule has 0 aliphatic carbocycles. The Bertz CT molecular complexity index is 456. The number of nitrogens with zero attached hydrogens (tertiary/aromatic N) is 3. The van der Waals surface area contributed by atoms with Gasteiger partial charge in [-0.05, 0) is 12.8 Å². The van der Waals surface area contributed by atoms with Crippen LogP contribution < -0.4 is 0 Å². The Morgan fingerprint density at radius 1 is 1.53 bits per heavy atom. The molecule has 17 heavy (non-hydrogen) atoms. The second-order valence-corrected chi connectivity index (χ2v) is 7.43. The van der Waals surface area contributed by atoms with Crippen molar-refractivity contribution in [1.82, 2.24) is 13.6 Å². The normalized spacial score (nSPS) is 23.1. The van der Waals surface area contributed by atoms with Crippen molar-refractivity contribution in [2.24, 2.45) is 0 Å². The van der Waals surface area contributed by atoms with Crippen molar-refractivity contribution in [3.05, 3.63) is 16.6 Å². The summed E-state index contributed by atoms with van der Waals surface area (Å²) in [5, 5.41) is 2.98. The van der Waals surface area contributed by atoms with Crippen molar-refractivity contribution in [2.75, 3.05) is 27.2 Å². The molecule has 7 heteroatoms. The highest BCUT2D eigenvalue weighted by Gasteiger charge is 2.31. The lowest BCUT2D eigenvalue weighted by Gasteiger charge is -2.32. The van der Waals surface area contributed by atoms with Gasteiger partial charge in [0.05, 0.1) is 5.01 Å². The van der Waals surface area contributed by atoms with Crippen LogP contribution in [0.15, 0.2) is 11.6 Å². The van der Waals surface area contributed by atoms with Gasteiger partial charge in [0.25, 0.3) is 10.2 Å². The maximum Gasteiger partial charge on any atom is 0.281 e. The van der Waals surface area contributed by atoms with E-state index in [-0.39, 0.29) is 5.92 Å². The molecule has 2 heterocycles. The topological polar surface area (TPSA) is 53.5 Å². The van der Waals surface area contributed by atoms with Crippen molar-refractivity contribution in [3.63, 3.8) is 0 Å². The van der Waals surface area contributed by atoms with Crippen molar-refractivity contribution in [1.29, 1.82) is 0 Å². The fraction of sp³-hybridized carbons (Fsp3) is 0.700. The van der Waals surface area contributed by atoms with Gasteiger partial charge in [0, 0.05) is 44.7 Å². The minimum Gasteiger partial charge on any atom is -0.249 e. The van der Waals surface area contributed by atoms with E-state index in [0.717, 1.165) is 17.8 Å². The van der Waals surface area contributed by atoms with Gasteiger partial charge in [-0.1, -0.05) is 0 Å². The van der Waals surface area contributed by atoms with Crippen LogP contribution in [0.3, 0.4) is 0 Å². The SMILES string of the molecule is CN(C)S(=O)(=O)N1CCC[C@H](c2nccs2)C1. The summed E-state index contributed by atoms with van der Waals surface area (Å²) >= 11 is 1.60. The Morgan fingerprint density at radius 2 is 2.29 bits per heavy atom. The molecule has 0 bridgehead atoms. The molecule has 1 saturated heterocycles. The Hall–Kier alpha value is -0.500. The van der Waals surface area contributed by atoms with Crippen LogP contribution in [0.1, 0.15) is 23.8 Å². The van der Waals surface area contributed by atoms with E-state index in [1.165, 1.54) is 4.31 Å². The molecule has 1 atom stereocenters. The largest absolute Gasteiger partial charge is 0.281 e. The molecule has 1 fully saturated rings. The molecule has 5 nitrogen and oxygen atoms in total. The minimum absolute atomic E-state index is 0.249. The van der Waals surface area contributed by atoms with E-state index in [4.69, 9.17) is 0 Å². The van der Waals surface area contributed by atoms with Crippen LogP contribution in [0.4, 0.5) is 0 Å². The first-order valence-corrected chi connectivity index (χ1v) is 7.86. The molecule has 0 saturated carbocycles. The summed E-state index contributed by atoms with van der Waals surface area (Å²) in [7, 11) is -0.137. The van der Waals surface area contributed by atoms with E-state index >= 15 is 0 Å². The number of piperidine rings is 1. The van der Waals surface area contributed by atoms with E-state index in [9.17, 15) is 8.42 Å². The second-order valence-electron chi connectivity index (χ2n) is 4.36. The van der Waals surface area contributed by atoms with Gasteiger partial charge in [0.15, 0.2) is 0 Å². The number of rotatable bonds is 3. The Kier molecular flexibility index (Phi) is 3.82. The van der Waals surface area contributed by atoms with Gasteiger partial charge >= 0.3 is 0 Å². The summed E-state index contributed by atoms with van der Waals surface area (Å²) in [6.45, 7) is 1.16. The molecule has 0 aromatic carbocycles. The Morgan fingerprint density at radius 3 is 2.88 bits per heavy atom. The Balaban J connectivity index is 2.13. The smallest absolute Gasteiger partial charge is 0.249 e. The molecule has 96 valence electrons. The Labute approximate surface area is 106 Å². The third-order valence-corrected chi connectivity index (χ3v) is 5.82. The van der Waals surface area contributed by atoms with Crippen LogP contribution in [0.5, 0.6) is 0 Å². The monoisotopic (exact) mass is 275 g/mol. The lowest BCUT2D eigenvalue weighted by atomic mass is 10.0. The van der Waals surface area contributed by atoms with Crippen molar-refractivity contribution < 1.29 is 8.42 Å². The maximum absolute atomic E-state index is 12.0. The lowest BCUT2D eigenvalue weighted by molar-refractivity contribution is 0.298. The van der Waals surface area contributed by atoms with Gasteiger partial charge < -0.3 is 0 Å². The summed E-state index contributed by atoms with van der Waals surface area (Å²) in [6.07, 6.45) is 3.70. The van der Waals surface area contributed by atoms with Gasteiger partial charge in [0.2, 0.25) is 0 Å². The fourth-order valence-corrected chi connectivity index (χ4v) is 3.98. The van der Waals surface area contributed by atoms with E-state index in [2.05, 4.69) is 4.98 Å². The van der Waals surface area contributed by atoms with Gasteiger partial charge in [-0.3, -0.25) is 0 Å². The molecule has 1 aromatic heterocycles. The first-order valence-electron chi connectivity index (χ1n) is 5.59. The summed E-state index contributed by atoms with van der Waals surface area (Å²) in [5.74, 6) is 0.249. The molecule has 0 unspecified atom stereocenters. The lowest BCUT2D eigenvalue weighted by Crippen LogP contribution is -2.44. The summed E-state index contributed by atoms with van der Waals surface area (Å²) in [5.41, 5.74) is 0. The van der Waals surface area contributed by atoms with Gasteiger partial charge in [-0.2, -0.15) is 17.0 Å². The molecule has 0 radical (unpaired) electrons. The van der Waals surface area contributed by atoms with Crippen LogP contribution in [-0.4, -0.2) is 49.2 Å². The second kappa shape index (κ2) is 5.01. The molecule has 1 aromatic rings. The maximum atomic E-state index is 12.0. The molecule has 0 amide bonds. The summed E-state index contributed by atoms with van der Waals surface area (Å²) < 4.78 is 26.9. The predicted molar refractivity (Wildman–Crippen MR) is 68.3 cm³/mol. The zero-order valence-electron chi connectivity index (χ0n) is 10.0. The molecule has 0 spiro atoms. The highest BCUT2D eigenvalue weighted by atomic mass is 32.2. The van der Waals surface area contributed by atoms with E-state index in [0.29, 0.717) is 13.1 Å². The first-order chi connectivity index (χ1) is 8.01. The summed E-state index contributed by atoms with van der Waals surface area (Å²) in [6, 6.07) is 0. The first kappa shape index (κ1) is 12.9. The average molecular weight is 275 g/mol. The minimum atomic E-state index is -3.28. The molecule has 2 rings (SSSR count). The van der Waals surface area contributed by atoms with Crippen molar-refractivity contribution in [3.8, 4) is 0 Å². The van der Waals surface area contributed by atoms with Crippen LogP contribution in [0, 0.1) is 0 Å². The quantitative estimate of drug-likeness (QED) is 0.831. The molecule has 1 aliphatic rings. The summed E-state index contributed by atoms with van der Waals surface area (Å²) in [4.78, 5) is 4.28. The van der Waals surface area contributed by atoms with Crippen molar-refractivity contribution >= 4 is 21.5 Å². The molecule has 1 aliphatic heterocycles. The van der Waals surface area contributed by atoms with Crippen LogP contribution >= 0.6 is 11.3 Å². The van der Waals surface area contributed by atoms with Crippen LogP contribution in [0.2, 0.25) is 0 Å². The van der Waals surface area contributed by atoms with E-state index in [1.807, 2.05) is 5.38 Å². The van der Waals surface area contributed by atoms with E-state index in [1.54, 1.807) is 35.9 Å². The molecule has 0 N–H and O–H groups in total. The van der Waals surface area contributed by atoms with Gasteiger partial charge in [-0.15, -0.1) is 11.3 Å². The predicted octanol–water partition coefficient (Wildman–Crippen LogP) is 1.13. The van der Waals surface area contributed by atoms with Gasteiger partial charge in [-0.25, -0.2) is 4.98 Å². The number of aromatic nitrogens is 1. The zero-order chi connectivity index (χ0) is 12.5. The third kappa shape index (κ3) is 2.67. The molecular weight excluding hydrogens is 258 g/mol. The number of thiazole rings is 1. The highest BCUT2D eigenvalue weighted by Crippen LogP contribution is 2.29. The zero-order valence-corrected chi connectivity index (χ0v) is 11.7. The molecular formula is C10H17N3O2S2. The van der Waals surface area contributed by atoms with Crippen molar-refractivity contribution in [2.45, 2.75) is 18.8 Å². The standard InChI is InChI=1S/C10H17N3O2S2/c1-12(2)17(14,15)13-6-3-4-9(8-13)10-11-5-7-16-10/h5,7,9H,3-4,6,8H2,1-2H3/t9-/m0/s1. The van der Waals surface area contributed by atoms with Crippen LogP contribution in [0.25, 0.3) is 0 Å². The third-order valence-electron chi connectivity index (χ3n) is 2.97. The highest BCUT2D eigenvalue weighted by molar-refractivity contribution is 7.86. The average Bonchev–Trinajstić information content (AvgIpc) is 2.82. The van der Waals surface area contributed by atoms with Crippen LogP contribution in [-0.2, 0) is 10.2 Å². The van der Waals surface area contributed by atoms with E-state index < -0.39 is 10.2 Å². The van der Waals surface area contributed by atoms with Gasteiger partial charge in [0.1, 0.15) is 0 Å². The number of hydrogen-bond acceptors (Lipinski definition) is 4. The number of hydrogen-bond donors (Lipinski definition) is 0.